The summed E-state index contributed by atoms with van der Waals surface area (Å²) in [5, 5.41) is 0. The molecule has 1 aromatic heterocycles. The normalized spacial score (nSPS) is 11.0. The molecule has 5 heteroatoms. The number of nitrogens with zero attached hydrogens (tertiary/aromatic N) is 1. The highest BCUT2D eigenvalue weighted by atomic mass is 79.9. The average molecular weight is 323 g/mol. The van der Waals surface area contributed by atoms with Gasteiger partial charge in [0.25, 0.3) is 0 Å². The molecule has 0 spiro atoms. The molecule has 2 aromatic carbocycles. The number of imidazole rings is 1. The van der Waals surface area contributed by atoms with E-state index in [4.69, 9.17) is 12.2 Å². The maximum atomic E-state index is 13.7. The predicted octanol–water partition coefficient (Wildman–Crippen LogP) is 4.59. The molecule has 0 aliphatic carbocycles. The first-order valence-corrected chi connectivity index (χ1v) is 6.53. The third kappa shape index (κ3) is 1.71. The summed E-state index contributed by atoms with van der Waals surface area (Å²) in [7, 11) is 0. The minimum Gasteiger partial charge on any atom is -0.328 e. The van der Waals surface area contributed by atoms with E-state index in [1.165, 1.54) is 6.07 Å². The number of halogens is 2. The smallest absolute Gasteiger partial charge is 0.182 e. The summed E-state index contributed by atoms with van der Waals surface area (Å²) in [6.07, 6.45) is 0. The van der Waals surface area contributed by atoms with Gasteiger partial charge in [-0.2, -0.15) is 0 Å². The van der Waals surface area contributed by atoms with Gasteiger partial charge in [-0.15, -0.1) is 0 Å². The van der Waals surface area contributed by atoms with Crippen LogP contribution in [0.4, 0.5) is 4.39 Å². The Morgan fingerprint density at radius 2 is 1.89 bits per heavy atom. The fourth-order valence-corrected chi connectivity index (χ4v) is 2.73. The van der Waals surface area contributed by atoms with Crippen molar-refractivity contribution < 1.29 is 4.39 Å². The van der Waals surface area contributed by atoms with Crippen LogP contribution in [0.5, 0.6) is 0 Å². The maximum Gasteiger partial charge on any atom is 0.182 e. The maximum absolute atomic E-state index is 13.7. The van der Waals surface area contributed by atoms with Crippen molar-refractivity contribution in [1.82, 2.24) is 9.55 Å². The first-order valence-electron chi connectivity index (χ1n) is 5.32. The second kappa shape index (κ2) is 4.33. The number of hydrogen-bond donors (Lipinski definition) is 1. The lowest BCUT2D eigenvalue weighted by Gasteiger charge is -2.06. The van der Waals surface area contributed by atoms with E-state index in [0.717, 1.165) is 15.7 Å². The number of rotatable bonds is 1. The first-order chi connectivity index (χ1) is 8.68. The Hall–Kier alpha value is -1.46. The average Bonchev–Trinajstić information content (AvgIpc) is 2.68. The third-order valence-electron chi connectivity index (χ3n) is 2.76. The molecular weight excluding hydrogens is 315 g/mol. The van der Waals surface area contributed by atoms with Crippen molar-refractivity contribution >= 4 is 39.2 Å². The van der Waals surface area contributed by atoms with Crippen LogP contribution in [0.1, 0.15) is 0 Å². The second-order valence-corrected chi connectivity index (χ2v) is 5.09. The molecule has 18 heavy (non-hydrogen) atoms. The van der Waals surface area contributed by atoms with E-state index >= 15 is 0 Å². The Morgan fingerprint density at radius 3 is 2.67 bits per heavy atom. The van der Waals surface area contributed by atoms with E-state index in [0.29, 0.717) is 10.3 Å². The highest BCUT2D eigenvalue weighted by Crippen LogP contribution is 2.26. The van der Waals surface area contributed by atoms with Crippen LogP contribution >= 0.6 is 28.1 Å². The second-order valence-electron chi connectivity index (χ2n) is 3.85. The SMILES string of the molecule is Fc1cccc2c1[nH]c(=S)n2-c1ccccc1Br. The fourth-order valence-electron chi connectivity index (χ4n) is 1.97. The van der Waals surface area contributed by atoms with Crippen molar-refractivity contribution in [2.75, 3.05) is 0 Å². The molecule has 2 nitrogen and oxygen atoms in total. The van der Waals surface area contributed by atoms with Gasteiger partial charge in [-0.3, -0.25) is 4.57 Å². The molecule has 0 atom stereocenters. The summed E-state index contributed by atoms with van der Waals surface area (Å²) < 4.78 is 16.9. The zero-order valence-corrected chi connectivity index (χ0v) is 11.6. The van der Waals surface area contributed by atoms with Crippen molar-refractivity contribution in [3.05, 3.63) is 57.5 Å². The van der Waals surface area contributed by atoms with Crippen molar-refractivity contribution in [2.24, 2.45) is 0 Å². The Balaban J connectivity index is 2.44. The van der Waals surface area contributed by atoms with Gasteiger partial charge in [0.05, 0.1) is 11.2 Å². The van der Waals surface area contributed by atoms with Gasteiger partial charge in [-0.25, -0.2) is 4.39 Å². The van der Waals surface area contributed by atoms with Gasteiger partial charge in [-0.05, 0) is 52.4 Å². The van der Waals surface area contributed by atoms with Gasteiger partial charge in [0.15, 0.2) is 4.77 Å². The number of aromatic amines is 1. The molecule has 0 unspecified atom stereocenters. The van der Waals surface area contributed by atoms with Crippen LogP contribution in [0.15, 0.2) is 46.9 Å². The summed E-state index contributed by atoms with van der Waals surface area (Å²) in [5.74, 6) is -0.301. The standard InChI is InChI=1S/C13H8BrFN2S/c14-8-4-1-2-6-10(8)17-11-7-3-5-9(15)12(11)16-13(17)18/h1-7H,(H,16,18). The number of benzene rings is 2. The van der Waals surface area contributed by atoms with Crippen LogP contribution in [-0.4, -0.2) is 9.55 Å². The minimum absolute atomic E-state index is 0.301. The van der Waals surface area contributed by atoms with E-state index in [2.05, 4.69) is 20.9 Å². The van der Waals surface area contributed by atoms with Crippen molar-refractivity contribution in [2.45, 2.75) is 0 Å². The van der Waals surface area contributed by atoms with Crippen LogP contribution in [0.3, 0.4) is 0 Å². The van der Waals surface area contributed by atoms with Gasteiger partial charge in [-0.1, -0.05) is 18.2 Å². The predicted molar refractivity (Wildman–Crippen MR) is 76.1 cm³/mol. The topological polar surface area (TPSA) is 20.7 Å². The Morgan fingerprint density at radius 1 is 1.11 bits per heavy atom. The monoisotopic (exact) mass is 322 g/mol. The van der Waals surface area contributed by atoms with Gasteiger partial charge in [0.2, 0.25) is 0 Å². The Kier molecular flexibility index (Phi) is 2.80. The molecule has 90 valence electrons. The molecule has 0 amide bonds. The Labute approximate surface area is 116 Å². The molecule has 3 aromatic rings. The highest BCUT2D eigenvalue weighted by Gasteiger charge is 2.11. The number of para-hydroxylation sites is 2. The third-order valence-corrected chi connectivity index (χ3v) is 3.72. The molecule has 0 radical (unpaired) electrons. The van der Waals surface area contributed by atoms with E-state index in [1.54, 1.807) is 6.07 Å². The fraction of sp³-hybridized carbons (Fsp3) is 0. The quantitative estimate of drug-likeness (QED) is 0.650. The van der Waals surface area contributed by atoms with Crippen LogP contribution < -0.4 is 0 Å². The minimum atomic E-state index is -0.301. The van der Waals surface area contributed by atoms with Crippen LogP contribution in [0.25, 0.3) is 16.7 Å². The summed E-state index contributed by atoms with van der Waals surface area (Å²) >= 11 is 8.76. The molecule has 0 aliphatic heterocycles. The van der Waals surface area contributed by atoms with Crippen LogP contribution in [-0.2, 0) is 0 Å². The van der Waals surface area contributed by atoms with Gasteiger partial charge < -0.3 is 4.98 Å². The number of aromatic nitrogens is 2. The molecule has 0 fully saturated rings. The molecule has 1 N–H and O–H groups in total. The van der Waals surface area contributed by atoms with Gasteiger partial charge in [0, 0.05) is 4.47 Å². The van der Waals surface area contributed by atoms with E-state index < -0.39 is 0 Å². The number of fused-ring (bicyclic) bond motifs is 1. The molecule has 1 heterocycles. The van der Waals surface area contributed by atoms with Gasteiger partial charge in [0.1, 0.15) is 11.3 Å². The number of nitrogens with one attached hydrogen (secondary N) is 1. The first kappa shape index (κ1) is 11.6. The van der Waals surface area contributed by atoms with Crippen molar-refractivity contribution in [3.63, 3.8) is 0 Å². The van der Waals surface area contributed by atoms with Crippen LogP contribution in [0.2, 0.25) is 0 Å². The van der Waals surface area contributed by atoms with E-state index in [9.17, 15) is 4.39 Å². The summed E-state index contributed by atoms with van der Waals surface area (Å²) in [6.45, 7) is 0. The lowest BCUT2D eigenvalue weighted by molar-refractivity contribution is 0.637. The summed E-state index contributed by atoms with van der Waals surface area (Å²) in [5.41, 5.74) is 2.05. The molecule has 0 aliphatic rings. The zero-order valence-electron chi connectivity index (χ0n) is 9.15. The number of hydrogen-bond acceptors (Lipinski definition) is 1. The molecular formula is C13H8BrFN2S. The summed E-state index contributed by atoms with van der Waals surface area (Å²) in [6, 6.07) is 12.6. The Bertz CT molecular complexity index is 791. The lowest BCUT2D eigenvalue weighted by atomic mass is 10.2. The van der Waals surface area contributed by atoms with E-state index in [-0.39, 0.29) is 5.82 Å². The molecule has 3 rings (SSSR count). The molecule has 0 saturated carbocycles. The highest BCUT2D eigenvalue weighted by molar-refractivity contribution is 9.10. The lowest BCUT2D eigenvalue weighted by Crippen LogP contribution is -1.94. The molecule has 0 bridgehead atoms. The van der Waals surface area contributed by atoms with Crippen molar-refractivity contribution in [3.8, 4) is 5.69 Å². The number of H-pyrrole nitrogens is 1. The van der Waals surface area contributed by atoms with E-state index in [1.807, 2.05) is 34.9 Å². The largest absolute Gasteiger partial charge is 0.328 e. The molecule has 0 saturated heterocycles. The zero-order chi connectivity index (χ0) is 12.7. The van der Waals surface area contributed by atoms with Crippen LogP contribution in [0, 0.1) is 10.6 Å². The summed E-state index contributed by atoms with van der Waals surface area (Å²) in [4.78, 5) is 2.90. The van der Waals surface area contributed by atoms with Crippen molar-refractivity contribution in [1.29, 1.82) is 0 Å². The van der Waals surface area contributed by atoms with Gasteiger partial charge >= 0.3 is 0 Å².